The predicted octanol–water partition coefficient (Wildman–Crippen LogP) is 1.04. The van der Waals surface area contributed by atoms with Gasteiger partial charge in [0, 0.05) is 5.69 Å². The number of carboxylic acid groups (broad SMARTS) is 1. The summed E-state index contributed by atoms with van der Waals surface area (Å²) in [5, 5.41) is 22.1. The molecule has 1 atom stereocenters. The summed E-state index contributed by atoms with van der Waals surface area (Å²) in [7, 11) is 0. The van der Waals surface area contributed by atoms with E-state index in [1.165, 1.54) is 0 Å². The van der Waals surface area contributed by atoms with Crippen LogP contribution in [-0.4, -0.2) is 41.0 Å². The summed E-state index contributed by atoms with van der Waals surface area (Å²) in [4.78, 5) is 22.2. The summed E-state index contributed by atoms with van der Waals surface area (Å²) < 4.78 is 5.45. The van der Waals surface area contributed by atoms with Crippen LogP contribution in [0.25, 0.3) is 0 Å². The van der Waals surface area contributed by atoms with Crippen molar-refractivity contribution in [2.75, 3.05) is 11.9 Å². The maximum absolute atomic E-state index is 11.5. The molecule has 0 fully saturated rings. The predicted molar refractivity (Wildman–Crippen MR) is 72.9 cm³/mol. The highest BCUT2D eigenvalue weighted by Gasteiger charge is 2.18. The largest absolute Gasteiger partial charge is 0.491 e. The minimum atomic E-state index is -1.33. The van der Waals surface area contributed by atoms with Crippen molar-refractivity contribution in [3.8, 4) is 5.75 Å². The van der Waals surface area contributed by atoms with E-state index in [9.17, 15) is 9.59 Å². The van der Waals surface area contributed by atoms with Crippen LogP contribution in [-0.2, 0) is 4.79 Å². The van der Waals surface area contributed by atoms with Gasteiger partial charge in [-0.2, -0.15) is 0 Å². The molecule has 20 heavy (non-hydrogen) atoms. The second-order valence-corrected chi connectivity index (χ2v) is 4.36. The topological polar surface area (TPSA) is 108 Å². The second-order valence-electron chi connectivity index (χ2n) is 4.36. The fourth-order valence-corrected chi connectivity index (χ4v) is 1.40. The van der Waals surface area contributed by atoms with Crippen molar-refractivity contribution < 1.29 is 24.5 Å². The molecule has 7 heteroatoms. The molecule has 1 aromatic carbocycles. The van der Waals surface area contributed by atoms with Gasteiger partial charge in [-0.25, -0.2) is 9.59 Å². The molecule has 110 valence electrons. The first-order chi connectivity index (χ1) is 9.42. The summed E-state index contributed by atoms with van der Waals surface area (Å²) in [5.74, 6) is -0.631. The van der Waals surface area contributed by atoms with Crippen LogP contribution in [0.5, 0.6) is 5.75 Å². The van der Waals surface area contributed by atoms with Crippen LogP contribution >= 0.6 is 0 Å². The third kappa shape index (κ3) is 5.15. The van der Waals surface area contributed by atoms with Crippen molar-refractivity contribution in [3.05, 3.63) is 24.3 Å². The van der Waals surface area contributed by atoms with Gasteiger partial charge in [-0.3, -0.25) is 0 Å². The third-order valence-corrected chi connectivity index (χ3v) is 2.27. The fraction of sp³-hybridized carbons (Fsp3) is 0.385. The van der Waals surface area contributed by atoms with Crippen LogP contribution in [0, 0.1) is 0 Å². The Morgan fingerprint density at radius 1 is 1.25 bits per heavy atom. The van der Waals surface area contributed by atoms with E-state index in [1.54, 1.807) is 24.3 Å². The average Bonchev–Trinajstić information content (AvgIpc) is 2.37. The Kier molecular flexibility index (Phi) is 5.79. The first-order valence-electron chi connectivity index (χ1n) is 6.10. The number of carbonyl (C=O) groups excluding carboxylic acids is 1. The average molecular weight is 282 g/mol. The number of hydrogen-bond acceptors (Lipinski definition) is 4. The summed E-state index contributed by atoms with van der Waals surface area (Å²) in [5.41, 5.74) is 0.487. The number of benzene rings is 1. The van der Waals surface area contributed by atoms with E-state index >= 15 is 0 Å². The Bertz CT molecular complexity index is 458. The van der Waals surface area contributed by atoms with Crippen molar-refractivity contribution in [1.82, 2.24) is 5.32 Å². The van der Waals surface area contributed by atoms with Gasteiger partial charge in [-0.05, 0) is 38.1 Å². The quantitative estimate of drug-likeness (QED) is 0.623. The first-order valence-corrected chi connectivity index (χ1v) is 6.10. The zero-order valence-corrected chi connectivity index (χ0v) is 11.3. The molecule has 4 N–H and O–H groups in total. The van der Waals surface area contributed by atoms with Gasteiger partial charge in [-0.1, -0.05) is 0 Å². The standard InChI is InChI=1S/C13H18N2O5/c1-8(2)20-10-5-3-9(4-6-10)14-13(19)15-11(7-16)12(17)18/h3-6,8,11,16H,7H2,1-2H3,(H,17,18)(H2,14,15,19)/t11-/m0/s1. The Hall–Kier alpha value is -2.28. The first kappa shape index (κ1) is 15.8. The lowest BCUT2D eigenvalue weighted by molar-refractivity contribution is -0.140. The van der Waals surface area contributed by atoms with Gasteiger partial charge in [0.25, 0.3) is 0 Å². The van der Waals surface area contributed by atoms with Gasteiger partial charge >= 0.3 is 12.0 Å². The lowest BCUT2D eigenvalue weighted by atomic mass is 10.3. The number of aliphatic hydroxyl groups excluding tert-OH is 1. The number of hydrogen-bond donors (Lipinski definition) is 4. The third-order valence-electron chi connectivity index (χ3n) is 2.27. The minimum Gasteiger partial charge on any atom is -0.491 e. The highest BCUT2D eigenvalue weighted by molar-refractivity contribution is 5.92. The SMILES string of the molecule is CC(C)Oc1ccc(NC(=O)N[C@@H](CO)C(=O)O)cc1. The zero-order valence-electron chi connectivity index (χ0n) is 11.3. The number of nitrogens with one attached hydrogen (secondary N) is 2. The molecule has 0 unspecified atom stereocenters. The van der Waals surface area contributed by atoms with Gasteiger partial charge in [-0.15, -0.1) is 0 Å². The molecule has 0 aliphatic carbocycles. The molecular weight excluding hydrogens is 264 g/mol. The zero-order chi connectivity index (χ0) is 15.1. The van der Waals surface area contributed by atoms with Gasteiger partial charge < -0.3 is 25.6 Å². The molecule has 0 saturated carbocycles. The lowest BCUT2D eigenvalue weighted by Crippen LogP contribution is -2.45. The van der Waals surface area contributed by atoms with Crippen molar-refractivity contribution in [2.24, 2.45) is 0 Å². The van der Waals surface area contributed by atoms with Crippen molar-refractivity contribution in [1.29, 1.82) is 0 Å². The van der Waals surface area contributed by atoms with E-state index in [0.29, 0.717) is 11.4 Å². The highest BCUT2D eigenvalue weighted by atomic mass is 16.5. The monoisotopic (exact) mass is 282 g/mol. The Balaban J connectivity index is 2.55. The number of aliphatic carboxylic acids is 1. The van der Waals surface area contributed by atoms with Gasteiger partial charge in [0.2, 0.25) is 0 Å². The molecule has 2 amide bonds. The van der Waals surface area contributed by atoms with Crippen molar-refractivity contribution in [3.63, 3.8) is 0 Å². The number of rotatable bonds is 6. The minimum absolute atomic E-state index is 0.0537. The molecule has 0 spiro atoms. The summed E-state index contributed by atoms with van der Waals surface area (Å²) in [6.07, 6.45) is 0.0537. The van der Waals surface area contributed by atoms with Crippen LogP contribution in [0.1, 0.15) is 13.8 Å². The van der Waals surface area contributed by atoms with E-state index in [2.05, 4.69) is 10.6 Å². The Morgan fingerprint density at radius 2 is 1.85 bits per heavy atom. The van der Waals surface area contributed by atoms with Gasteiger partial charge in [0.05, 0.1) is 12.7 Å². The Morgan fingerprint density at radius 3 is 2.30 bits per heavy atom. The number of anilines is 1. The normalized spacial score (nSPS) is 11.8. The van der Waals surface area contributed by atoms with Crippen LogP contribution in [0.4, 0.5) is 10.5 Å². The maximum Gasteiger partial charge on any atom is 0.328 e. The van der Waals surface area contributed by atoms with E-state index in [4.69, 9.17) is 14.9 Å². The van der Waals surface area contributed by atoms with Crippen molar-refractivity contribution in [2.45, 2.75) is 26.0 Å². The smallest absolute Gasteiger partial charge is 0.328 e. The molecule has 0 radical (unpaired) electrons. The van der Waals surface area contributed by atoms with Crippen LogP contribution in [0.2, 0.25) is 0 Å². The van der Waals surface area contributed by atoms with E-state index < -0.39 is 24.6 Å². The lowest BCUT2D eigenvalue weighted by Gasteiger charge is -2.13. The Labute approximate surface area is 116 Å². The van der Waals surface area contributed by atoms with E-state index in [1.807, 2.05) is 13.8 Å². The summed E-state index contributed by atoms with van der Waals surface area (Å²) in [6.45, 7) is 3.13. The molecule has 0 bridgehead atoms. The van der Waals surface area contributed by atoms with Gasteiger partial charge in [0.15, 0.2) is 6.04 Å². The second kappa shape index (κ2) is 7.34. The van der Waals surface area contributed by atoms with Crippen LogP contribution in [0.15, 0.2) is 24.3 Å². The number of carboxylic acids is 1. The molecule has 0 aliphatic heterocycles. The molecule has 0 aromatic heterocycles. The number of amides is 2. The summed E-state index contributed by atoms with van der Waals surface area (Å²) >= 11 is 0. The molecule has 7 nitrogen and oxygen atoms in total. The number of ether oxygens (including phenoxy) is 1. The number of aliphatic hydroxyl groups is 1. The molecule has 1 rings (SSSR count). The molecule has 0 heterocycles. The van der Waals surface area contributed by atoms with Crippen LogP contribution in [0.3, 0.4) is 0 Å². The fourth-order valence-electron chi connectivity index (χ4n) is 1.40. The van der Waals surface area contributed by atoms with E-state index in [0.717, 1.165) is 0 Å². The number of carbonyl (C=O) groups is 2. The van der Waals surface area contributed by atoms with Gasteiger partial charge in [0.1, 0.15) is 5.75 Å². The molecule has 0 aliphatic rings. The molecular formula is C13H18N2O5. The van der Waals surface area contributed by atoms with E-state index in [-0.39, 0.29) is 6.10 Å². The van der Waals surface area contributed by atoms with Crippen molar-refractivity contribution >= 4 is 17.7 Å². The molecule has 1 aromatic rings. The number of urea groups is 1. The highest BCUT2D eigenvalue weighted by Crippen LogP contribution is 2.16. The summed E-state index contributed by atoms with van der Waals surface area (Å²) in [6, 6.07) is 4.60. The molecule has 0 saturated heterocycles. The van der Waals surface area contributed by atoms with Crippen LogP contribution < -0.4 is 15.4 Å². The maximum atomic E-state index is 11.5.